The van der Waals surface area contributed by atoms with Gasteiger partial charge in [-0.25, -0.2) is 9.99 Å². The number of hydrogen-bond donors (Lipinski definition) is 1. The quantitative estimate of drug-likeness (QED) is 0.797. The first kappa shape index (κ1) is 19.7. The molecule has 0 aliphatic carbocycles. The Balaban J connectivity index is 2.47. The van der Waals surface area contributed by atoms with E-state index in [0.717, 1.165) is 0 Å². The van der Waals surface area contributed by atoms with E-state index in [2.05, 4.69) is 10.1 Å². The highest BCUT2D eigenvalue weighted by molar-refractivity contribution is 6.33. The molecule has 12 heteroatoms. The number of aliphatic hydroxyl groups is 1. The van der Waals surface area contributed by atoms with E-state index in [1.165, 1.54) is 7.11 Å². The SMILES string of the molecule is COCCC1=NN(c2ncc(C(F)(F)F)cc2Cl)[C@](O)(C(F)(F)F)C1. The molecular formula is C13H12ClF6N3O2. The third kappa shape index (κ3) is 3.82. The van der Waals surface area contributed by atoms with Crippen molar-refractivity contribution in [2.24, 2.45) is 5.10 Å². The van der Waals surface area contributed by atoms with E-state index >= 15 is 0 Å². The Morgan fingerprint density at radius 2 is 1.96 bits per heavy atom. The van der Waals surface area contributed by atoms with Gasteiger partial charge in [-0.1, -0.05) is 11.6 Å². The van der Waals surface area contributed by atoms with Gasteiger partial charge in [-0.15, -0.1) is 0 Å². The lowest BCUT2D eigenvalue weighted by Gasteiger charge is -2.33. The molecule has 2 heterocycles. The summed E-state index contributed by atoms with van der Waals surface area (Å²) in [7, 11) is 1.33. The molecule has 0 saturated heterocycles. The van der Waals surface area contributed by atoms with Crippen molar-refractivity contribution in [1.82, 2.24) is 4.98 Å². The standard InChI is InChI=1S/C13H12ClF6N3O2/c1-25-3-2-8-5-11(24,13(18,19)20)23(22-8)10-9(14)4-7(6-21-10)12(15,16)17/h4,6,24H,2-3,5H2,1H3/t11-/m1/s1. The van der Waals surface area contributed by atoms with Crippen LogP contribution in [-0.4, -0.2) is 41.4 Å². The zero-order valence-corrected chi connectivity index (χ0v) is 13.4. The molecule has 1 N–H and O–H groups in total. The summed E-state index contributed by atoms with van der Waals surface area (Å²) in [6, 6.07) is 0.420. The van der Waals surface area contributed by atoms with Gasteiger partial charge in [-0.05, 0) is 6.07 Å². The molecule has 5 nitrogen and oxygen atoms in total. The van der Waals surface area contributed by atoms with E-state index < -0.39 is 40.9 Å². The predicted molar refractivity (Wildman–Crippen MR) is 76.3 cm³/mol. The lowest BCUT2D eigenvalue weighted by Crippen LogP contribution is -2.55. The maximum atomic E-state index is 13.3. The van der Waals surface area contributed by atoms with Crippen molar-refractivity contribution in [2.45, 2.75) is 30.9 Å². The maximum Gasteiger partial charge on any atom is 0.438 e. The van der Waals surface area contributed by atoms with Gasteiger partial charge in [0, 0.05) is 31.9 Å². The number of anilines is 1. The second kappa shape index (κ2) is 6.61. The summed E-state index contributed by atoms with van der Waals surface area (Å²) >= 11 is 5.67. The Morgan fingerprint density at radius 3 is 2.44 bits per heavy atom. The smallest absolute Gasteiger partial charge is 0.384 e. The lowest BCUT2D eigenvalue weighted by atomic mass is 10.0. The van der Waals surface area contributed by atoms with Gasteiger partial charge in [0.15, 0.2) is 5.82 Å². The number of hydrazone groups is 1. The second-order valence-corrected chi connectivity index (χ2v) is 5.65. The van der Waals surface area contributed by atoms with E-state index in [4.69, 9.17) is 16.3 Å². The number of rotatable bonds is 4. The molecule has 0 saturated carbocycles. The van der Waals surface area contributed by atoms with Crippen molar-refractivity contribution in [3.05, 3.63) is 22.8 Å². The fourth-order valence-corrected chi connectivity index (χ4v) is 2.41. The number of alkyl halides is 6. The van der Waals surface area contributed by atoms with Gasteiger partial charge in [0.05, 0.1) is 17.2 Å². The van der Waals surface area contributed by atoms with Gasteiger partial charge in [0.25, 0.3) is 5.72 Å². The topological polar surface area (TPSA) is 58.0 Å². The van der Waals surface area contributed by atoms with Crippen LogP contribution >= 0.6 is 11.6 Å². The van der Waals surface area contributed by atoms with Crippen LogP contribution < -0.4 is 5.01 Å². The first-order valence-corrected chi connectivity index (χ1v) is 7.15. The minimum atomic E-state index is -5.15. The highest BCUT2D eigenvalue weighted by Crippen LogP contribution is 2.45. The summed E-state index contributed by atoms with van der Waals surface area (Å²) in [5, 5.41) is 13.1. The Kier molecular flexibility index (Phi) is 5.22. The number of ether oxygens (including phenoxy) is 1. The van der Waals surface area contributed by atoms with Crippen molar-refractivity contribution < 1.29 is 36.2 Å². The van der Waals surface area contributed by atoms with Gasteiger partial charge in [-0.3, -0.25) is 0 Å². The zero-order valence-electron chi connectivity index (χ0n) is 12.6. The van der Waals surface area contributed by atoms with Gasteiger partial charge in [-0.2, -0.15) is 31.4 Å². The molecule has 0 radical (unpaired) electrons. The Hall–Kier alpha value is -1.59. The van der Waals surface area contributed by atoms with Crippen molar-refractivity contribution in [1.29, 1.82) is 0 Å². The summed E-state index contributed by atoms with van der Waals surface area (Å²) < 4.78 is 82.6. The van der Waals surface area contributed by atoms with Crippen LogP contribution in [0.1, 0.15) is 18.4 Å². The van der Waals surface area contributed by atoms with E-state index in [9.17, 15) is 31.4 Å². The Bertz CT molecular complexity index is 679. The largest absolute Gasteiger partial charge is 0.438 e. The minimum Gasteiger partial charge on any atom is -0.384 e. The lowest BCUT2D eigenvalue weighted by molar-refractivity contribution is -0.254. The molecule has 1 aliphatic heterocycles. The maximum absolute atomic E-state index is 13.3. The summed E-state index contributed by atoms with van der Waals surface area (Å²) in [5.41, 5.74) is -4.76. The van der Waals surface area contributed by atoms with E-state index in [1.807, 2.05) is 0 Å². The molecule has 140 valence electrons. The van der Waals surface area contributed by atoms with Crippen LogP contribution in [0.4, 0.5) is 32.2 Å². The number of hydrogen-bond acceptors (Lipinski definition) is 5. The average Bonchev–Trinajstić information content (AvgIpc) is 2.82. The first-order valence-electron chi connectivity index (χ1n) is 6.77. The molecule has 25 heavy (non-hydrogen) atoms. The highest BCUT2D eigenvalue weighted by atomic mass is 35.5. The zero-order chi connectivity index (χ0) is 19.0. The van der Waals surface area contributed by atoms with Crippen LogP contribution in [0.5, 0.6) is 0 Å². The average molecular weight is 392 g/mol. The summed E-state index contributed by atoms with van der Waals surface area (Å²) in [6.07, 6.45) is -10.5. The molecule has 0 bridgehead atoms. The van der Waals surface area contributed by atoms with Gasteiger partial charge in [0.1, 0.15) is 0 Å². The fraction of sp³-hybridized carbons (Fsp3) is 0.538. The second-order valence-electron chi connectivity index (χ2n) is 5.24. The highest BCUT2D eigenvalue weighted by Gasteiger charge is 2.62. The molecule has 0 unspecified atom stereocenters. The molecule has 1 aromatic heterocycles. The van der Waals surface area contributed by atoms with E-state index in [1.54, 1.807) is 0 Å². The number of nitrogens with zero attached hydrogens (tertiary/aromatic N) is 3. The number of aromatic nitrogens is 1. The van der Waals surface area contributed by atoms with Gasteiger partial charge < -0.3 is 9.84 Å². The summed E-state index contributed by atoms with van der Waals surface area (Å²) in [4.78, 5) is 3.33. The normalized spacial score (nSPS) is 21.6. The van der Waals surface area contributed by atoms with Gasteiger partial charge >= 0.3 is 12.4 Å². The first-order chi connectivity index (χ1) is 11.4. The van der Waals surface area contributed by atoms with Crippen LogP contribution in [0.3, 0.4) is 0 Å². The number of methoxy groups -OCH3 is 1. The van der Waals surface area contributed by atoms with E-state index in [0.29, 0.717) is 12.3 Å². The molecule has 1 aliphatic rings. The molecule has 2 rings (SSSR count). The van der Waals surface area contributed by atoms with Crippen LogP contribution in [-0.2, 0) is 10.9 Å². The molecule has 0 aromatic carbocycles. The molecule has 0 spiro atoms. The molecule has 0 fully saturated rings. The van der Waals surface area contributed by atoms with Crippen LogP contribution in [0, 0.1) is 0 Å². The minimum absolute atomic E-state index is 0.0103. The fourth-order valence-electron chi connectivity index (χ4n) is 2.16. The molecule has 1 atom stereocenters. The third-order valence-electron chi connectivity index (χ3n) is 3.44. The van der Waals surface area contributed by atoms with Crippen molar-refractivity contribution in [3.8, 4) is 0 Å². The Labute approximate surface area is 142 Å². The number of pyridine rings is 1. The molecule has 0 amide bonds. The molecule has 1 aromatic rings. The third-order valence-corrected chi connectivity index (χ3v) is 3.72. The number of halogens is 7. The predicted octanol–water partition coefficient (Wildman–Crippen LogP) is 3.61. The Morgan fingerprint density at radius 1 is 1.32 bits per heavy atom. The van der Waals surface area contributed by atoms with Crippen molar-refractivity contribution in [3.63, 3.8) is 0 Å². The monoisotopic (exact) mass is 391 g/mol. The van der Waals surface area contributed by atoms with Crippen molar-refractivity contribution >= 4 is 23.1 Å². The van der Waals surface area contributed by atoms with Crippen LogP contribution in [0.2, 0.25) is 5.02 Å². The van der Waals surface area contributed by atoms with Crippen molar-refractivity contribution in [2.75, 3.05) is 18.7 Å². The van der Waals surface area contributed by atoms with Crippen LogP contribution in [0.15, 0.2) is 17.4 Å². The van der Waals surface area contributed by atoms with Crippen LogP contribution in [0.25, 0.3) is 0 Å². The summed E-state index contributed by atoms with van der Waals surface area (Å²) in [5.74, 6) is -0.734. The van der Waals surface area contributed by atoms with E-state index in [-0.39, 0.29) is 23.7 Å². The molecular weight excluding hydrogens is 380 g/mol. The summed E-state index contributed by atoms with van der Waals surface area (Å²) in [6.45, 7) is 0.0504. The van der Waals surface area contributed by atoms with Gasteiger partial charge in [0.2, 0.25) is 0 Å².